The number of hydrogen-bond acceptors (Lipinski definition) is 3. The van der Waals surface area contributed by atoms with Crippen molar-refractivity contribution in [2.45, 2.75) is 26.4 Å². The molecule has 84 valence electrons. The van der Waals surface area contributed by atoms with Crippen molar-refractivity contribution in [1.82, 2.24) is 14.7 Å². The Bertz CT molecular complexity index is 147. The van der Waals surface area contributed by atoms with Gasteiger partial charge in [-0.1, -0.05) is 6.92 Å². The van der Waals surface area contributed by atoms with Gasteiger partial charge in [-0.2, -0.15) is 0 Å². The monoisotopic (exact) mass is 199 g/mol. The molecule has 3 nitrogen and oxygen atoms in total. The van der Waals surface area contributed by atoms with E-state index >= 15 is 0 Å². The lowest BCUT2D eigenvalue weighted by atomic mass is 10.3. The van der Waals surface area contributed by atoms with Gasteiger partial charge >= 0.3 is 0 Å². The highest BCUT2D eigenvalue weighted by molar-refractivity contribution is 4.71. The molecule has 0 aromatic carbocycles. The molecular weight excluding hydrogens is 174 g/mol. The third-order valence-corrected chi connectivity index (χ3v) is 3.35. The second-order valence-corrected chi connectivity index (χ2v) is 4.43. The molecule has 0 N–H and O–H groups in total. The Morgan fingerprint density at radius 3 is 1.93 bits per heavy atom. The molecule has 0 unspecified atom stereocenters. The molecule has 0 saturated carbocycles. The highest BCUT2D eigenvalue weighted by atomic mass is 15.4. The summed E-state index contributed by atoms with van der Waals surface area (Å²) in [5, 5.41) is 0. The topological polar surface area (TPSA) is 9.72 Å². The summed E-state index contributed by atoms with van der Waals surface area (Å²) in [6.45, 7) is 10.6. The van der Waals surface area contributed by atoms with E-state index in [0.29, 0.717) is 6.17 Å². The fraction of sp³-hybridized carbons (Fsp3) is 1.00. The van der Waals surface area contributed by atoms with Gasteiger partial charge in [0.15, 0.2) is 0 Å². The Kier molecular flexibility index (Phi) is 4.85. The Morgan fingerprint density at radius 2 is 1.50 bits per heavy atom. The van der Waals surface area contributed by atoms with Crippen molar-refractivity contribution in [1.29, 1.82) is 0 Å². The zero-order chi connectivity index (χ0) is 10.6. The summed E-state index contributed by atoms with van der Waals surface area (Å²) in [7, 11) is 4.44. The molecule has 0 amide bonds. The normalized spacial score (nSPS) is 24.9. The number of rotatable bonds is 2. The number of hydrogen-bond donors (Lipinski definition) is 0. The van der Waals surface area contributed by atoms with Crippen molar-refractivity contribution in [3.05, 3.63) is 0 Å². The van der Waals surface area contributed by atoms with Gasteiger partial charge in [-0.25, -0.2) is 0 Å². The van der Waals surface area contributed by atoms with Gasteiger partial charge < -0.3 is 4.90 Å². The molecule has 0 aromatic heterocycles. The number of nitrogens with zero attached hydrogens (tertiary/aromatic N) is 3. The maximum Gasteiger partial charge on any atom is 0.0589 e. The minimum atomic E-state index is 0.582. The van der Waals surface area contributed by atoms with Gasteiger partial charge in [-0.15, -0.1) is 0 Å². The highest BCUT2D eigenvalue weighted by Gasteiger charge is 2.18. The Labute approximate surface area is 88.7 Å². The maximum atomic E-state index is 2.57. The van der Waals surface area contributed by atoms with E-state index in [1.165, 1.54) is 39.1 Å². The molecule has 0 atom stereocenters. The first-order valence-electron chi connectivity index (χ1n) is 5.78. The van der Waals surface area contributed by atoms with Gasteiger partial charge in [-0.3, -0.25) is 9.80 Å². The molecule has 1 aliphatic rings. The maximum absolute atomic E-state index is 2.57. The van der Waals surface area contributed by atoms with Crippen LogP contribution in [0, 0.1) is 0 Å². The van der Waals surface area contributed by atoms with Crippen molar-refractivity contribution in [2.24, 2.45) is 0 Å². The molecule has 3 heteroatoms. The summed E-state index contributed by atoms with van der Waals surface area (Å²) in [5.41, 5.74) is 0. The molecule has 0 bridgehead atoms. The average molecular weight is 199 g/mol. The minimum Gasteiger partial charge on any atom is -0.301 e. The van der Waals surface area contributed by atoms with Crippen LogP contribution in [0.3, 0.4) is 0 Å². The predicted octanol–water partition coefficient (Wildman–Crippen LogP) is 0.922. The average Bonchev–Trinajstić information content (AvgIpc) is 2.18. The zero-order valence-corrected chi connectivity index (χ0v) is 10.2. The van der Waals surface area contributed by atoms with Crippen molar-refractivity contribution >= 4 is 0 Å². The van der Waals surface area contributed by atoms with Crippen LogP contribution in [-0.4, -0.2) is 67.7 Å². The SMILES string of the molecule is CCCN1CCN(C)C(C)N(C)CC1. The van der Waals surface area contributed by atoms with Gasteiger partial charge in [0.1, 0.15) is 0 Å². The molecule has 1 saturated heterocycles. The van der Waals surface area contributed by atoms with E-state index in [0.717, 1.165) is 0 Å². The summed E-state index contributed by atoms with van der Waals surface area (Å²) in [5.74, 6) is 0. The summed E-state index contributed by atoms with van der Waals surface area (Å²) in [6, 6.07) is 0. The smallest absolute Gasteiger partial charge is 0.0589 e. The van der Waals surface area contributed by atoms with Crippen molar-refractivity contribution in [3.63, 3.8) is 0 Å². The zero-order valence-electron chi connectivity index (χ0n) is 10.2. The van der Waals surface area contributed by atoms with Gasteiger partial charge in [0, 0.05) is 26.2 Å². The lowest BCUT2D eigenvalue weighted by molar-refractivity contribution is 0.0537. The minimum absolute atomic E-state index is 0.582. The van der Waals surface area contributed by atoms with Crippen LogP contribution >= 0.6 is 0 Å². The van der Waals surface area contributed by atoms with Gasteiger partial charge in [0.2, 0.25) is 0 Å². The Balaban J connectivity index is 2.45. The second-order valence-electron chi connectivity index (χ2n) is 4.43. The van der Waals surface area contributed by atoms with Crippen LogP contribution in [0.4, 0.5) is 0 Å². The molecule has 1 fully saturated rings. The molecule has 0 aromatic rings. The van der Waals surface area contributed by atoms with Crippen molar-refractivity contribution in [3.8, 4) is 0 Å². The fourth-order valence-electron chi connectivity index (χ4n) is 1.96. The lowest BCUT2D eigenvalue weighted by Crippen LogP contribution is -2.51. The van der Waals surface area contributed by atoms with Crippen LogP contribution in [0.2, 0.25) is 0 Å². The van der Waals surface area contributed by atoms with E-state index in [1.54, 1.807) is 0 Å². The van der Waals surface area contributed by atoms with Crippen LogP contribution < -0.4 is 0 Å². The van der Waals surface area contributed by atoms with Crippen LogP contribution in [0.25, 0.3) is 0 Å². The van der Waals surface area contributed by atoms with E-state index in [-0.39, 0.29) is 0 Å². The summed E-state index contributed by atoms with van der Waals surface area (Å²) >= 11 is 0. The third kappa shape index (κ3) is 3.23. The largest absolute Gasteiger partial charge is 0.301 e. The van der Waals surface area contributed by atoms with E-state index in [1.807, 2.05) is 0 Å². The van der Waals surface area contributed by atoms with Gasteiger partial charge in [-0.05, 0) is 34.0 Å². The van der Waals surface area contributed by atoms with Crippen LogP contribution in [0.1, 0.15) is 20.3 Å². The first-order valence-corrected chi connectivity index (χ1v) is 5.78. The van der Waals surface area contributed by atoms with Crippen LogP contribution in [-0.2, 0) is 0 Å². The summed E-state index contributed by atoms with van der Waals surface area (Å²) in [6.07, 6.45) is 1.85. The highest BCUT2D eigenvalue weighted by Crippen LogP contribution is 2.05. The van der Waals surface area contributed by atoms with Gasteiger partial charge in [0.25, 0.3) is 0 Å². The molecule has 1 heterocycles. The molecule has 0 radical (unpaired) electrons. The molecule has 0 aliphatic carbocycles. The second kappa shape index (κ2) is 5.69. The van der Waals surface area contributed by atoms with E-state index in [2.05, 4.69) is 42.6 Å². The van der Waals surface area contributed by atoms with Crippen LogP contribution in [0.15, 0.2) is 0 Å². The summed E-state index contributed by atoms with van der Waals surface area (Å²) < 4.78 is 0. The standard InChI is InChI=1S/C11H25N3/c1-5-6-14-9-7-12(3)11(2)13(4)8-10-14/h11H,5-10H2,1-4H3. The van der Waals surface area contributed by atoms with E-state index in [4.69, 9.17) is 0 Å². The van der Waals surface area contributed by atoms with E-state index < -0.39 is 0 Å². The Hall–Kier alpha value is -0.120. The first kappa shape index (κ1) is 12.0. The van der Waals surface area contributed by atoms with Crippen molar-refractivity contribution in [2.75, 3.05) is 46.8 Å². The lowest BCUT2D eigenvalue weighted by Gasteiger charge is -2.38. The third-order valence-electron chi connectivity index (χ3n) is 3.35. The van der Waals surface area contributed by atoms with Gasteiger partial charge in [0.05, 0.1) is 6.17 Å². The Morgan fingerprint density at radius 1 is 1.00 bits per heavy atom. The molecule has 14 heavy (non-hydrogen) atoms. The van der Waals surface area contributed by atoms with Crippen LogP contribution in [0.5, 0.6) is 0 Å². The quantitative estimate of drug-likeness (QED) is 0.655. The molecule has 1 rings (SSSR count). The molecule has 1 aliphatic heterocycles. The summed E-state index contributed by atoms with van der Waals surface area (Å²) in [4.78, 5) is 7.43. The van der Waals surface area contributed by atoms with E-state index in [9.17, 15) is 0 Å². The fourth-order valence-corrected chi connectivity index (χ4v) is 1.96. The molecular formula is C11H25N3. The number of likely N-dealkylation sites (N-methyl/N-ethyl adjacent to an activating group) is 2. The first-order chi connectivity index (χ1) is 6.65. The van der Waals surface area contributed by atoms with Crippen molar-refractivity contribution < 1.29 is 0 Å². The predicted molar refractivity (Wildman–Crippen MR) is 61.5 cm³/mol. The molecule has 0 spiro atoms.